The zero-order valence-corrected chi connectivity index (χ0v) is 13.7. The molecule has 0 aromatic heterocycles. The number of benzene rings is 3. The van der Waals surface area contributed by atoms with Crippen LogP contribution in [0.4, 0.5) is 16.2 Å². The second kappa shape index (κ2) is 7.57. The van der Waals surface area contributed by atoms with Gasteiger partial charge in [-0.05, 0) is 48.5 Å². The molecule has 0 saturated carbocycles. The summed E-state index contributed by atoms with van der Waals surface area (Å²) in [5.74, 6) is 1.47. The topological polar surface area (TPSA) is 50.4 Å². The number of hydrogen-bond donors (Lipinski definition) is 3. The lowest BCUT2D eigenvalue weighted by Crippen LogP contribution is -2.19. The van der Waals surface area contributed by atoms with Crippen molar-refractivity contribution in [2.75, 3.05) is 10.6 Å². The molecule has 0 unspecified atom stereocenters. The first-order valence-electron chi connectivity index (χ1n) is 7.40. The van der Waals surface area contributed by atoms with Gasteiger partial charge < -0.3 is 15.4 Å². The molecule has 24 heavy (non-hydrogen) atoms. The number of thiol groups is 1. The van der Waals surface area contributed by atoms with Gasteiger partial charge in [-0.25, -0.2) is 4.79 Å². The van der Waals surface area contributed by atoms with Gasteiger partial charge in [-0.2, -0.15) is 0 Å². The number of rotatable bonds is 4. The van der Waals surface area contributed by atoms with E-state index >= 15 is 0 Å². The Kier molecular flexibility index (Phi) is 5.03. The van der Waals surface area contributed by atoms with Crippen molar-refractivity contribution in [1.82, 2.24) is 0 Å². The maximum absolute atomic E-state index is 12.0. The van der Waals surface area contributed by atoms with Crippen LogP contribution in [-0.4, -0.2) is 6.03 Å². The van der Waals surface area contributed by atoms with Crippen LogP contribution in [-0.2, 0) is 0 Å². The number of amides is 2. The SMILES string of the molecule is O=C(Nc1ccc(Oc2ccccc2)cc1)Nc1ccccc1S. The van der Waals surface area contributed by atoms with Gasteiger partial charge in [-0.3, -0.25) is 0 Å². The van der Waals surface area contributed by atoms with Crippen molar-refractivity contribution >= 4 is 30.0 Å². The average Bonchev–Trinajstić information content (AvgIpc) is 2.60. The van der Waals surface area contributed by atoms with Gasteiger partial charge in [0.15, 0.2) is 0 Å². The highest BCUT2D eigenvalue weighted by atomic mass is 32.1. The van der Waals surface area contributed by atoms with Gasteiger partial charge in [0.05, 0.1) is 5.69 Å². The second-order valence-electron chi connectivity index (χ2n) is 5.04. The van der Waals surface area contributed by atoms with Crippen molar-refractivity contribution in [3.63, 3.8) is 0 Å². The van der Waals surface area contributed by atoms with Crippen LogP contribution in [0.1, 0.15) is 0 Å². The lowest BCUT2D eigenvalue weighted by molar-refractivity contribution is 0.262. The lowest BCUT2D eigenvalue weighted by Gasteiger charge is -2.10. The van der Waals surface area contributed by atoms with Crippen molar-refractivity contribution < 1.29 is 9.53 Å². The predicted octanol–water partition coefficient (Wildman–Crippen LogP) is 5.41. The fourth-order valence-electron chi connectivity index (χ4n) is 2.09. The number of anilines is 2. The summed E-state index contributed by atoms with van der Waals surface area (Å²) < 4.78 is 5.71. The molecule has 120 valence electrons. The summed E-state index contributed by atoms with van der Waals surface area (Å²) in [6.45, 7) is 0. The summed E-state index contributed by atoms with van der Waals surface area (Å²) in [5.41, 5.74) is 1.33. The monoisotopic (exact) mass is 336 g/mol. The Morgan fingerprint density at radius 2 is 1.38 bits per heavy atom. The molecule has 0 spiro atoms. The van der Waals surface area contributed by atoms with E-state index in [2.05, 4.69) is 23.3 Å². The smallest absolute Gasteiger partial charge is 0.323 e. The van der Waals surface area contributed by atoms with E-state index in [-0.39, 0.29) is 6.03 Å². The van der Waals surface area contributed by atoms with Crippen molar-refractivity contribution in [1.29, 1.82) is 0 Å². The molecule has 3 aromatic rings. The van der Waals surface area contributed by atoms with E-state index in [0.29, 0.717) is 22.0 Å². The van der Waals surface area contributed by atoms with Gasteiger partial charge in [-0.15, -0.1) is 12.6 Å². The molecule has 0 atom stereocenters. The van der Waals surface area contributed by atoms with E-state index in [9.17, 15) is 4.79 Å². The molecule has 0 saturated heterocycles. The molecular weight excluding hydrogens is 320 g/mol. The van der Waals surface area contributed by atoms with E-state index in [4.69, 9.17) is 4.74 Å². The lowest BCUT2D eigenvalue weighted by atomic mass is 10.3. The van der Waals surface area contributed by atoms with Crippen LogP contribution in [0, 0.1) is 0 Å². The third kappa shape index (κ3) is 4.30. The molecule has 3 rings (SSSR count). The first kappa shape index (κ1) is 16.0. The Morgan fingerprint density at radius 3 is 2.08 bits per heavy atom. The first-order chi connectivity index (χ1) is 11.7. The van der Waals surface area contributed by atoms with Crippen molar-refractivity contribution in [3.8, 4) is 11.5 Å². The highest BCUT2D eigenvalue weighted by Gasteiger charge is 2.05. The Morgan fingerprint density at radius 1 is 0.750 bits per heavy atom. The zero-order chi connectivity index (χ0) is 16.8. The van der Waals surface area contributed by atoms with Crippen molar-refractivity contribution in [3.05, 3.63) is 78.9 Å². The van der Waals surface area contributed by atoms with Gasteiger partial charge in [0.25, 0.3) is 0 Å². The normalized spacial score (nSPS) is 10.0. The Balaban J connectivity index is 1.60. The van der Waals surface area contributed by atoms with Crippen molar-refractivity contribution in [2.45, 2.75) is 4.90 Å². The van der Waals surface area contributed by atoms with E-state index in [0.717, 1.165) is 5.75 Å². The van der Waals surface area contributed by atoms with Gasteiger partial charge >= 0.3 is 6.03 Å². The van der Waals surface area contributed by atoms with Crippen molar-refractivity contribution in [2.24, 2.45) is 0 Å². The molecule has 2 N–H and O–H groups in total. The maximum Gasteiger partial charge on any atom is 0.323 e. The summed E-state index contributed by atoms with van der Waals surface area (Å²) in [5, 5.41) is 5.52. The summed E-state index contributed by atoms with van der Waals surface area (Å²) in [6.07, 6.45) is 0. The molecule has 2 amide bonds. The highest BCUT2D eigenvalue weighted by molar-refractivity contribution is 7.80. The van der Waals surface area contributed by atoms with Crippen LogP contribution in [0.2, 0.25) is 0 Å². The molecule has 0 radical (unpaired) electrons. The minimum atomic E-state index is -0.326. The predicted molar refractivity (Wildman–Crippen MR) is 99.3 cm³/mol. The molecular formula is C19H16N2O2S. The maximum atomic E-state index is 12.0. The number of nitrogens with one attached hydrogen (secondary N) is 2. The zero-order valence-electron chi connectivity index (χ0n) is 12.8. The Bertz CT molecular complexity index is 820. The largest absolute Gasteiger partial charge is 0.457 e. The Hall–Kier alpha value is -2.92. The fourth-order valence-corrected chi connectivity index (χ4v) is 2.31. The Labute approximate surface area is 145 Å². The van der Waals surface area contributed by atoms with Crippen LogP contribution in [0.15, 0.2) is 83.8 Å². The number of para-hydroxylation sites is 2. The number of urea groups is 1. The van der Waals surface area contributed by atoms with Gasteiger partial charge in [0.1, 0.15) is 11.5 Å². The minimum Gasteiger partial charge on any atom is -0.457 e. The molecule has 0 bridgehead atoms. The average molecular weight is 336 g/mol. The molecule has 3 aromatic carbocycles. The molecule has 0 fully saturated rings. The second-order valence-corrected chi connectivity index (χ2v) is 5.52. The summed E-state index contributed by atoms with van der Waals surface area (Å²) in [7, 11) is 0. The quantitative estimate of drug-likeness (QED) is 0.558. The third-order valence-electron chi connectivity index (χ3n) is 3.24. The van der Waals surface area contributed by atoms with Crippen LogP contribution in [0.5, 0.6) is 11.5 Å². The molecule has 5 heteroatoms. The fraction of sp³-hybridized carbons (Fsp3) is 0. The van der Waals surface area contributed by atoms with Gasteiger partial charge in [0.2, 0.25) is 0 Å². The van der Waals surface area contributed by atoms with Crippen LogP contribution in [0.25, 0.3) is 0 Å². The molecule has 0 aliphatic heterocycles. The van der Waals surface area contributed by atoms with E-state index < -0.39 is 0 Å². The standard InChI is InChI=1S/C19H16N2O2S/c22-19(21-17-8-4-5-9-18(17)24)20-14-10-12-16(13-11-14)23-15-6-2-1-3-7-15/h1-13,24H,(H2,20,21,22). The van der Waals surface area contributed by atoms with E-state index in [1.807, 2.05) is 48.5 Å². The van der Waals surface area contributed by atoms with Crippen LogP contribution < -0.4 is 15.4 Å². The molecule has 0 aliphatic carbocycles. The van der Waals surface area contributed by atoms with E-state index in [1.165, 1.54) is 0 Å². The molecule has 0 aliphatic rings. The summed E-state index contributed by atoms with van der Waals surface area (Å²) in [4.78, 5) is 12.7. The summed E-state index contributed by atoms with van der Waals surface area (Å²) >= 11 is 4.30. The van der Waals surface area contributed by atoms with Gasteiger partial charge in [-0.1, -0.05) is 30.3 Å². The highest BCUT2D eigenvalue weighted by Crippen LogP contribution is 2.23. The third-order valence-corrected chi connectivity index (χ3v) is 3.63. The van der Waals surface area contributed by atoms with Gasteiger partial charge in [0, 0.05) is 10.6 Å². The van der Waals surface area contributed by atoms with Crippen LogP contribution >= 0.6 is 12.6 Å². The number of carbonyl (C=O) groups is 1. The molecule has 4 nitrogen and oxygen atoms in total. The molecule has 0 heterocycles. The number of ether oxygens (including phenoxy) is 1. The minimum absolute atomic E-state index is 0.326. The van der Waals surface area contributed by atoms with Crippen LogP contribution in [0.3, 0.4) is 0 Å². The summed E-state index contributed by atoms with van der Waals surface area (Å²) in [6, 6.07) is 23.7. The first-order valence-corrected chi connectivity index (χ1v) is 7.84. The number of hydrogen-bond acceptors (Lipinski definition) is 3. The number of carbonyl (C=O) groups excluding carboxylic acids is 1. The van der Waals surface area contributed by atoms with E-state index in [1.54, 1.807) is 30.3 Å².